The molecule has 2 unspecified atom stereocenters. The van der Waals surface area contributed by atoms with Gasteiger partial charge in [0.15, 0.2) is 0 Å². The van der Waals surface area contributed by atoms with E-state index in [1.807, 2.05) is 0 Å². The first-order chi connectivity index (χ1) is 4.47. The predicted molar refractivity (Wildman–Crippen MR) is 37.4 cm³/mol. The van der Waals surface area contributed by atoms with Crippen LogP contribution in [0.25, 0.3) is 0 Å². The molecule has 1 saturated heterocycles. The summed E-state index contributed by atoms with van der Waals surface area (Å²) in [5.41, 5.74) is 0. The Bertz CT molecular complexity index is 88.7. The van der Waals surface area contributed by atoms with E-state index in [9.17, 15) is 0 Å². The summed E-state index contributed by atoms with van der Waals surface area (Å²) in [5.74, 6) is 0.999. The highest BCUT2D eigenvalue weighted by Crippen LogP contribution is 2.32. The van der Waals surface area contributed by atoms with Gasteiger partial charge in [0.05, 0.1) is 0 Å². The molecule has 1 heterocycles. The van der Waals surface area contributed by atoms with Crippen molar-refractivity contribution in [3.8, 4) is 0 Å². The van der Waals surface area contributed by atoms with E-state index in [4.69, 9.17) is 0 Å². The van der Waals surface area contributed by atoms with Crippen LogP contribution in [0.15, 0.2) is 0 Å². The molecule has 0 amide bonds. The molecule has 1 radical (unpaired) electrons. The quantitative estimate of drug-likeness (QED) is 0.465. The van der Waals surface area contributed by atoms with Gasteiger partial charge in [0.2, 0.25) is 0 Å². The summed E-state index contributed by atoms with van der Waals surface area (Å²) < 4.78 is 0. The first-order valence-electron chi connectivity index (χ1n) is 4.13. The molecule has 0 bridgehead atoms. The molecular weight excluding hydrogens is 110 g/mol. The monoisotopic (exact) mass is 124 g/mol. The van der Waals surface area contributed by atoms with Crippen LogP contribution in [0.5, 0.6) is 0 Å². The number of fused-ring (bicyclic) bond motifs is 1. The highest BCUT2D eigenvalue weighted by Gasteiger charge is 2.29. The van der Waals surface area contributed by atoms with Crippen LogP contribution < -0.4 is 5.32 Å². The van der Waals surface area contributed by atoms with Crippen LogP contribution in [-0.4, -0.2) is 12.6 Å². The van der Waals surface area contributed by atoms with Gasteiger partial charge >= 0.3 is 0 Å². The maximum atomic E-state index is 4.59. The lowest BCUT2D eigenvalue weighted by atomic mass is 9.94. The van der Waals surface area contributed by atoms with Gasteiger partial charge < -0.3 is 0 Å². The summed E-state index contributed by atoms with van der Waals surface area (Å²) in [7, 11) is 0. The van der Waals surface area contributed by atoms with Crippen molar-refractivity contribution < 1.29 is 0 Å². The van der Waals surface area contributed by atoms with E-state index in [1.165, 1.54) is 32.1 Å². The maximum Gasteiger partial charge on any atom is 0.0274 e. The van der Waals surface area contributed by atoms with E-state index in [0.29, 0.717) is 0 Å². The second-order valence-electron chi connectivity index (χ2n) is 3.31. The SMILES string of the molecule is C1C[N]C2CCCC2C1. The predicted octanol–water partition coefficient (Wildman–Crippen LogP) is 1.55. The fraction of sp³-hybridized carbons (Fsp3) is 1.00. The Morgan fingerprint density at radius 2 is 1.89 bits per heavy atom. The van der Waals surface area contributed by atoms with Gasteiger partial charge in [-0.15, -0.1) is 0 Å². The molecule has 1 heteroatoms. The van der Waals surface area contributed by atoms with Crippen LogP contribution >= 0.6 is 0 Å². The van der Waals surface area contributed by atoms with Gasteiger partial charge in [-0.25, -0.2) is 5.32 Å². The normalized spacial score (nSPS) is 42.7. The van der Waals surface area contributed by atoms with Crippen LogP contribution in [0.3, 0.4) is 0 Å². The highest BCUT2D eigenvalue weighted by atomic mass is 14.9. The zero-order valence-electron chi connectivity index (χ0n) is 5.84. The van der Waals surface area contributed by atoms with Gasteiger partial charge in [-0.05, 0) is 31.6 Å². The Kier molecular flexibility index (Phi) is 1.46. The molecular formula is C8H14N. The van der Waals surface area contributed by atoms with Crippen molar-refractivity contribution >= 4 is 0 Å². The maximum absolute atomic E-state index is 4.59. The Balaban J connectivity index is 1.97. The molecule has 9 heavy (non-hydrogen) atoms. The number of nitrogens with zero attached hydrogens (tertiary/aromatic N) is 1. The zero-order chi connectivity index (χ0) is 6.10. The lowest BCUT2D eigenvalue weighted by Crippen LogP contribution is -2.31. The van der Waals surface area contributed by atoms with Gasteiger partial charge in [-0.3, -0.25) is 0 Å². The minimum atomic E-state index is 0.791. The largest absolute Gasteiger partial charge is 0.238 e. The first kappa shape index (κ1) is 5.72. The molecule has 2 atom stereocenters. The average Bonchev–Trinajstić information content (AvgIpc) is 2.33. The van der Waals surface area contributed by atoms with Crippen molar-refractivity contribution in [1.82, 2.24) is 5.32 Å². The molecule has 2 rings (SSSR count). The summed E-state index contributed by atoms with van der Waals surface area (Å²) >= 11 is 0. The van der Waals surface area contributed by atoms with Crippen molar-refractivity contribution in [2.75, 3.05) is 6.54 Å². The Labute approximate surface area is 56.8 Å². The lowest BCUT2D eigenvalue weighted by Gasteiger charge is -2.24. The molecule has 0 spiro atoms. The molecule has 0 aromatic heterocycles. The number of piperidine rings is 1. The van der Waals surface area contributed by atoms with Crippen molar-refractivity contribution in [3.63, 3.8) is 0 Å². The van der Waals surface area contributed by atoms with Crippen LogP contribution in [0.1, 0.15) is 32.1 Å². The van der Waals surface area contributed by atoms with E-state index >= 15 is 0 Å². The van der Waals surface area contributed by atoms with Gasteiger partial charge in [-0.2, -0.15) is 0 Å². The topological polar surface area (TPSA) is 14.1 Å². The summed E-state index contributed by atoms with van der Waals surface area (Å²) in [6, 6.07) is 0.791. The molecule has 2 fully saturated rings. The fourth-order valence-corrected chi connectivity index (χ4v) is 2.20. The van der Waals surface area contributed by atoms with Crippen molar-refractivity contribution in [2.24, 2.45) is 5.92 Å². The van der Waals surface area contributed by atoms with Crippen molar-refractivity contribution in [2.45, 2.75) is 38.1 Å². The van der Waals surface area contributed by atoms with E-state index in [0.717, 1.165) is 18.5 Å². The second-order valence-corrected chi connectivity index (χ2v) is 3.31. The third-order valence-corrected chi connectivity index (χ3v) is 2.72. The summed E-state index contributed by atoms with van der Waals surface area (Å²) in [4.78, 5) is 0. The number of hydrogen-bond donors (Lipinski definition) is 0. The van der Waals surface area contributed by atoms with E-state index in [-0.39, 0.29) is 0 Å². The Morgan fingerprint density at radius 3 is 2.78 bits per heavy atom. The van der Waals surface area contributed by atoms with Crippen molar-refractivity contribution in [1.29, 1.82) is 0 Å². The molecule has 1 aliphatic heterocycles. The van der Waals surface area contributed by atoms with Crippen LogP contribution in [-0.2, 0) is 0 Å². The van der Waals surface area contributed by atoms with Gasteiger partial charge in [-0.1, -0.05) is 6.42 Å². The zero-order valence-corrected chi connectivity index (χ0v) is 5.84. The third-order valence-electron chi connectivity index (χ3n) is 2.72. The third kappa shape index (κ3) is 0.983. The first-order valence-corrected chi connectivity index (χ1v) is 4.13. The molecule has 1 aliphatic carbocycles. The number of hydrogen-bond acceptors (Lipinski definition) is 0. The summed E-state index contributed by atoms with van der Waals surface area (Å²) in [5, 5.41) is 4.59. The molecule has 2 aliphatic rings. The highest BCUT2D eigenvalue weighted by molar-refractivity contribution is 4.85. The molecule has 0 aromatic rings. The van der Waals surface area contributed by atoms with Gasteiger partial charge in [0.25, 0.3) is 0 Å². The number of rotatable bonds is 0. The average molecular weight is 124 g/mol. The van der Waals surface area contributed by atoms with Gasteiger partial charge in [0.1, 0.15) is 0 Å². The standard InChI is InChI=1S/C8H14N/c1-3-7-4-2-6-9-8(7)5-1/h7-8H,1-6H2. The Hall–Kier alpha value is -0.0400. The summed E-state index contributed by atoms with van der Waals surface area (Å²) in [6.07, 6.45) is 7.13. The van der Waals surface area contributed by atoms with Gasteiger partial charge in [0, 0.05) is 12.6 Å². The minimum absolute atomic E-state index is 0.791. The molecule has 51 valence electrons. The minimum Gasteiger partial charge on any atom is -0.238 e. The molecule has 1 saturated carbocycles. The summed E-state index contributed by atoms with van der Waals surface area (Å²) in [6.45, 7) is 1.15. The van der Waals surface area contributed by atoms with Crippen molar-refractivity contribution in [3.05, 3.63) is 0 Å². The van der Waals surface area contributed by atoms with Crippen LogP contribution in [0.4, 0.5) is 0 Å². The van der Waals surface area contributed by atoms with E-state index in [2.05, 4.69) is 5.32 Å². The lowest BCUT2D eigenvalue weighted by molar-refractivity contribution is 0.312. The molecule has 0 aromatic carbocycles. The Morgan fingerprint density at radius 1 is 1.00 bits per heavy atom. The molecule has 1 nitrogen and oxygen atoms in total. The molecule has 0 N–H and O–H groups in total. The fourth-order valence-electron chi connectivity index (χ4n) is 2.20. The second kappa shape index (κ2) is 2.30. The van der Waals surface area contributed by atoms with Crippen LogP contribution in [0.2, 0.25) is 0 Å². The van der Waals surface area contributed by atoms with Crippen LogP contribution in [0, 0.1) is 5.92 Å². The smallest absolute Gasteiger partial charge is 0.0274 e. The van der Waals surface area contributed by atoms with E-state index in [1.54, 1.807) is 0 Å². The van der Waals surface area contributed by atoms with E-state index < -0.39 is 0 Å².